The minimum absolute atomic E-state index is 0.167. The molecule has 1 N–H and O–H groups in total. The minimum atomic E-state index is 0.167. The second-order valence-electron chi connectivity index (χ2n) is 7.98. The van der Waals surface area contributed by atoms with Gasteiger partial charge >= 0.3 is 0 Å². The van der Waals surface area contributed by atoms with Gasteiger partial charge in [-0.1, -0.05) is 12.8 Å². The van der Waals surface area contributed by atoms with E-state index in [4.69, 9.17) is 0 Å². The Kier molecular flexibility index (Phi) is 4.88. The third-order valence-electron chi connectivity index (χ3n) is 6.12. The predicted octanol–water partition coefficient (Wildman–Crippen LogP) is 1.68. The van der Waals surface area contributed by atoms with Crippen LogP contribution in [0.4, 0.5) is 5.95 Å². The van der Waals surface area contributed by atoms with Crippen molar-refractivity contribution in [3.05, 3.63) is 18.5 Å². The van der Waals surface area contributed by atoms with Crippen molar-refractivity contribution in [2.75, 3.05) is 31.6 Å². The molecule has 2 heterocycles. The van der Waals surface area contributed by atoms with Crippen molar-refractivity contribution < 1.29 is 4.79 Å². The van der Waals surface area contributed by atoms with Gasteiger partial charge in [0.2, 0.25) is 11.9 Å². The van der Waals surface area contributed by atoms with Gasteiger partial charge in [-0.15, -0.1) is 0 Å². The smallest absolute Gasteiger partial charge is 0.234 e. The third kappa shape index (κ3) is 3.94. The van der Waals surface area contributed by atoms with Gasteiger partial charge in [0.15, 0.2) is 0 Å². The van der Waals surface area contributed by atoms with Crippen molar-refractivity contribution in [1.29, 1.82) is 0 Å². The van der Waals surface area contributed by atoms with Crippen LogP contribution in [-0.4, -0.2) is 59.5 Å². The van der Waals surface area contributed by atoms with Gasteiger partial charge in [-0.3, -0.25) is 9.69 Å². The zero-order chi connectivity index (χ0) is 17.2. The number of likely N-dealkylation sites (N-methyl/N-ethyl adjacent to an activating group) is 1. The lowest BCUT2D eigenvalue weighted by Crippen LogP contribution is -2.46. The molecule has 1 aromatic heterocycles. The van der Waals surface area contributed by atoms with E-state index < -0.39 is 0 Å². The van der Waals surface area contributed by atoms with Crippen LogP contribution in [0.25, 0.3) is 0 Å². The summed E-state index contributed by atoms with van der Waals surface area (Å²) in [4.78, 5) is 25.8. The summed E-state index contributed by atoms with van der Waals surface area (Å²) in [5.74, 6) is 2.24. The van der Waals surface area contributed by atoms with Gasteiger partial charge in [0.25, 0.3) is 0 Å². The van der Waals surface area contributed by atoms with E-state index in [0.717, 1.165) is 25.0 Å². The van der Waals surface area contributed by atoms with Crippen LogP contribution < -0.4 is 10.2 Å². The van der Waals surface area contributed by atoms with E-state index in [1.165, 1.54) is 38.5 Å². The van der Waals surface area contributed by atoms with Gasteiger partial charge < -0.3 is 10.2 Å². The summed E-state index contributed by atoms with van der Waals surface area (Å²) in [6.45, 7) is 2.29. The highest BCUT2D eigenvalue weighted by Gasteiger charge is 2.43. The van der Waals surface area contributed by atoms with E-state index in [0.29, 0.717) is 18.5 Å². The van der Waals surface area contributed by atoms with E-state index in [2.05, 4.69) is 32.1 Å². The van der Waals surface area contributed by atoms with Gasteiger partial charge in [0, 0.05) is 37.4 Å². The average molecular weight is 343 g/mol. The van der Waals surface area contributed by atoms with Crippen LogP contribution in [-0.2, 0) is 4.79 Å². The van der Waals surface area contributed by atoms with E-state index >= 15 is 0 Å². The highest BCUT2D eigenvalue weighted by molar-refractivity contribution is 5.78. The lowest BCUT2D eigenvalue weighted by Gasteiger charge is -2.25. The Labute approximate surface area is 150 Å². The summed E-state index contributed by atoms with van der Waals surface area (Å²) in [5.41, 5.74) is 0. The molecule has 6 heteroatoms. The largest absolute Gasteiger partial charge is 0.350 e. The molecule has 0 aromatic carbocycles. The summed E-state index contributed by atoms with van der Waals surface area (Å²) in [6, 6.07) is 2.65. The molecule has 2 saturated carbocycles. The van der Waals surface area contributed by atoms with Gasteiger partial charge in [-0.2, -0.15) is 0 Å². The Bertz CT molecular complexity index is 585. The number of hydrogen-bond donors (Lipinski definition) is 1. The van der Waals surface area contributed by atoms with E-state index in [9.17, 15) is 4.79 Å². The molecular weight excluding hydrogens is 314 g/mol. The summed E-state index contributed by atoms with van der Waals surface area (Å²) in [5, 5.41) is 3.33. The third-order valence-corrected chi connectivity index (χ3v) is 6.12. The molecule has 3 fully saturated rings. The van der Waals surface area contributed by atoms with Gasteiger partial charge in [-0.25, -0.2) is 9.97 Å². The van der Waals surface area contributed by atoms with Crippen LogP contribution in [0.15, 0.2) is 18.5 Å². The van der Waals surface area contributed by atoms with Crippen LogP contribution in [0.2, 0.25) is 0 Å². The first-order valence-electron chi connectivity index (χ1n) is 9.72. The Hall–Kier alpha value is -1.69. The zero-order valence-corrected chi connectivity index (χ0v) is 15.1. The van der Waals surface area contributed by atoms with Gasteiger partial charge in [-0.05, 0) is 44.7 Å². The fourth-order valence-electron chi connectivity index (χ4n) is 4.55. The number of anilines is 1. The molecule has 0 radical (unpaired) electrons. The molecule has 4 rings (SSSR count). The Morgan fingerprint density at radius 2 is 1.92 bits per heavy atom. The number of rotatable bonds is 6. The Morgan fingerprint density at radius 1 is 1.20 bits per heavy atom. The van der Waals surface area contributed by atoms with Crippen molar-refractivity contribution in [2.45, 2.75) is 50.6 Å². The zero-order valence-electron chi connectivity index (χ0n) is 15.1. The van der Waals surface area contributed by atoms with Crippen molar-refractivity contribution in [3.8, 4) is 0 Å². The molecule has 25 heavy (non-hydrogen) atoms. The first kappa shape index (κ1) is 16.8. The maximum atomic E-state index is 12.6. The van der Waals surface area contributed by atoms with Crippen molar-refractivity contribution in [1.82, 2.24) is 20.2 Å². The highest BCUT2D eigenvalue weighted by Crippen LogP contribution is 2.42. The maximum absolute atomic E-state index is 12.6. The maximum Gasteiger partial charge on any atom is 0.234 e. The van der Waals surface area contributed by atoms with Crippen molar-refractivity contribution in [3.63, 3.8) is 0 Å². The van der Waals surface area contributed by atoms with Crippen LogP contribution in [0.1, 0.15) is 38.5 Å². The fraction of sp³-hybridized carbons (Fsp3) is 0.737. The lowest BCUT2D eigenvalue weighted by atomic mass is 9.98. The van der Waals surface area contributed by atoms with Crippen LogP contribution >= 0.6 is 0 Å². The molecule has 2 aliphatic carbocycles. The standard InChI is InChI=1S/C19H29N5O/c1-23(15-5-2-3-6-15)13-18(25)22-17-12-24(11-16(17)14-7-8-14)19-20-9-4-10-21-19/h4,9-10,14-17H,2-3,5-8,11-13H2,1H3,(H,22,25)/t16-,17+/m1/s1. The average Bonchev–Trinajstić information content (AvgIpc) is 3.15. The summed E-state index contributed by atoms with van der Waals surface area (Å²) in [6.07, 6.45) is 11.2. The van der Waals surface area contributed by atoms with E-state index in [-0.39, 0.29) is 11.9 Å². The van der Waals surface area contributed by atoms with Crippen LogP contribution in [0.5, 0.6) is 0 Å². The molecular formula is C19H29N5O. The molecule has 2 atom stereocenters. The topological polar surface area (TPSA) is 61.4 Å². The normalized spacial score (nSPS) is 27.2. The molecule has 1 aliphatic heterocycles. The molecule has 6 nitrogen and oxygen atoms in total. The van der Waals surface area contributed by atoms with Crippen LogP contribution in [0, 0.1) is 11.8 Å². The Morgan fingerprint density at radius 3 is 2.60 bits per heavy atom. The molecule has 3 aliphatic rings. The molecule has 1 amide bonds. The first-order valence-corrected chi connectivity index (χ1v) is 9.72. The second kappa shape index (κ2) is 7.28. The molecule has 0 spiro atoms. The SMILES string of the molecule is CN(CC(=O)N[C@H]1CN(c2ncccn2)C[C@@H]1C1CC1)C1CCCC1. The van der Waals surface area contributed by atoms with E-state index in [1.54, 1.807) is 12.4 Å². The summed E-state index contributed by atoms with van der Waals surface area (Å²) >= 11 is 0. The van der Waals surface area contributed by atoms with Gasteiger partial charge in [0.1, 0.15) is 0 Å². The monoisotopic (exact) mass is 343 g/mol. The number of aromatic nitrogens is 2. The molecule has 1 aromatic rings. The second-order valence-corrected chi connectivity index (χ2v) is 7.98. The predicted molar refractivity (Wildman–Crippen MR) is 97.3 cm³/mol. The molecule has 1 saturated heterocycles. The van der Waals surface area contributed by atoms with Crippen LogP contribution in [0.3, 0.4) is 0 Å². The molecule has 0 unspecified atom stereocenters. The van der Waals surface area contributed by atoms with Crippen molar-refractivity contribution in [2.24, 2.45) is 11.8 Å². The summed E-state index contributed by atoms with van der Waals surface area (Å²) in [7, 11) is 2.09. The van der Waals surface area contributed by atoms with E-state index in [1.807, 2.05) is 6.07 Å². The number of nitrogens with zero attached hydrogens (tertiary/aromatic N) is 4. The molecule has 136 valence electrons. The van der Waals surface area contributed by atoms with Crippen molar-refractivity contribution >= 4 is 11.9 Å². The van der Waals surface area contributed by atoms with Gasteiger partial charge in [0.05, 0.1) is 12.6 Å². The number of carbonyl (C=O) groups is 1. The number of carbonyl (C=O) groups excluding carboxylic acids is 1. The molecule has 0 bridgehead atoms. The number of hydrogen-bond acceptors (Lipinski definition) is 5. The lowest BCUT2D eigenvalue weighted by molar-refractivity contribution is -0.123. The summed E-state index contributed by atoms with van der Waals surface area (Å²) < 4.78 is 0. The minimum Gasteiger partial charge on any atom is -0.350 e. The fourth-order valence-corrected chi connectivity index (χ4v) is 4.55. The highest BCUT2D eigenvalue weighted by atomic mass is 16.2. The Balaban J connectivity index is 1.35. The number of nitrogens with one attached hydrogen (secondary N) is 1. The number of amides is 1. The quantitative estimate of drug-likeness (QED) is 0.852. The first-order chi connectivity index (χ1) is 12.2.